The van der Waals surface area contributed by atoms with Gasteiger partial charge in [-0.2, -0.15) is 17.2 Å². The van der Waals surface area contributed by atoms with Gasteiger partial charge in [-0.25, -0.2) is 8.78 Å². The third-order valence-corrected chi connectivity index (χ3v) is 9.65. The first-order valence-electron chi connectivity index (χ1n) is 15.1. The standard InChI is InChI=1S/C40H22F4O4S/c41-34-36(43)40(49(45,46)47)37(44)35(42)39(34)48-38-31(26-18-19-30-25(20-26)16-14-22-6-1-3-8-28(22)30)10-5-11-32(38)27-17-15-24-13-12-23-7-2-4-9-29(23)33(24)21-27/h1-21H,(H,45,46,47). The second kappa shape index (κ2) is 11.4. The van der Waals surface area contributed by atoms with Crippen molar-refractivity contribution >= 4 is 53.2 Å². The van der Waals surface area contributed by atoms with Crippen molar-refractivity contribution in [3.05, 3.63) is 151 Å². The molecule has 8 aromatic carbocycles. The molecule has 8 aromatic rings. The zero-order valence-electron chi connectivity index (χ0n) is 25.2. The van der Waals surface area contributed by atoms with Crippen LogP contribution in [0.5, 0.6) is 11.5 Å². The van der Waals surface area contributed by atoms with Gasteiger partial charge in [-0.1, -0.05) is 115 Å². The van der Waals surface area contributed by atoms with E-state index < -0.39 is 44.0 Å². The van der Waals surface area contributed by atoms with E-state index in [9.17, 15) is 21.8 Å². The minimum atomic E-state index is -5.66. The highest BCUT2D eigenvalue weighted by atomic mass is 32.2. The number of hydrogen-bond acceptors (Lipinski definition) is 3. The van der Waals surface area contributed by atoms with Crippen LogP contribution in [0.3, 0.4) is 0 Å². The molecule has 49 heavy (non-hydrogen) atoms. The van der Waals surface area contributed by atoms with E-state index in [1.54, 1.807) is 24.3 Å². The molecule has 0 aromatic heterocycles. The zero-order chi connectivity index (χ0) is 34.0. The normalized spacial score (nSPS) is 11.9. The van der Waals surface area contributed by atoms with Crippen molar-refractivity contribution in [3.8, 4) is 33.8 Å². The van der Waals surface area contributed by atoms with Crippen LogP contribution in [-0.2, 0) is 10.1 Å². The van der Waals surface area contributed by atoms with Crippen molar-refractivity contribution in [3.63, 3.8) is 0 Å². The molecule has 0 amide bonds. The van der Waals surface area contributed by atoms with Crippen molar-refractivity contribution in [2.45, 2.75) is 4.90 Å². The van der Waals surface area contributed by atoms with Crippen LogP contribution in [0.1, 0.15) is 0 Å². The number of rotatable bonds is 5. The highest BCUT2D eigenvalue weighted by Crippen LogP contribution is 2.45. The minimum absolute atomic E-state index is 0.140. The van der Waals surface area contributed by atoms with Gasteiger partial charge in [0.2, 0.25) is 17.4 Å². The van der Waals surface area contributed by atoms with Gasteiger partial charge in [0.25, 0.3) is 0 Å². The molecule has 0 bridgehead atoms. The Morgan fingerprint density at radius 3 is 1.53 bits per heavy atom. The molecule has 9 heteroatoms. The molecule has 0 atom stereocenters. The van der Waals surface area contributed by atoms with Gasteiger partial charge < -0.3 is 4.74 Å². The monoisotopic (exact) mass is 674 g/mol. The molecule has 4 nitrogen and oxygen atoms in total. The van der Waals surface area contributed by atoms with E-state index >= 15 is 8.78 Å². The summed E-state index contributed by atoms with van der Waals surface area (Å²) in [7, 11) is -5.66. The number of hydrogen-bond donors (Lipinski definition) is 1. The lowest BCUT2D eigenvalue weighted by Crippen LogP contribution is -2.11. The van der Waals surface area contributed by atoms with E-state index in [1.165, 1.54) is 0 Å². The third kappa shape index (κ3) is 5.06. The summed E-state index contributed by atoms with van der Waals surface area (Å²) in [6.45, 7) is 0. The van der Waals surface area contributed by atoms with Gasteiger partial charge >= 0.3 is 10.1 Å². The summed E-state index contributed by atoms with van der Waals surface area (Å²) in [5.41, 5.74) is 1.82. The fourth-order valence-electron chi connectivity index (χ4n) is 6.46. The van der Waals surface area contributed by atoms with Crippen LogP contribution < -0.4 is 4.74 Å². The van der Waals surface area contributed by atoms with Crippen molar-refractivity contribution in [1.82, 2.24) is 0 Å². The fourth-order valence-corrected chi connectivity index (χ4v) is 7.09. The van der Waals surface area contributed by atoms with Crippen LogP contribution in [0, 0.1) is 23.3 Å². The van der Waals surface area contributed by atoms with Crippen LogP contribution in [0.25, 0.3) is 65.3 Å². The van der Waals surface area contributed by atoms with Crippen molar-refractivity contribution in [2.75, 3.05) is 0 Å². The average molecular weight is 675 g/mol. The molecule has 0 aliphatic rings. The predicted molar refractivity (Wildman–Crippen MR) is 184 cm³/mol. The van der Waals surface area contributed by atoms with Crippen LogP contribution in [0.15, 0.2) is 132 Å². The Morgan fingerprint density at radius 2 is 0.918 bits per heavy atom. The minimum Gasteiger partial charge on any atom is -0.450 e. The highest BCUT2D eigenvalue weighted by molar-refractivity contribution is 7.85. The number of benzene rings is 8. The van der Waals surface area contributed by atoms with Crippen LogP contribution in [-0.4, -0.2) is 13.0 Å². The first-order chi connectivity index (χ1) is 23.6. The topological polar surface area (TPSA) is 63.6 Å². The Balaban J connectivity index is 1.39. The first-order valence-corrected chi connectivity index (χ1v) is 16.5. The second-order valence-corrected chi connectivity index (χ2v) is 13.0. The number of ether oxygens (including phenoxy) is 1. The van der Waals surface area contributed by atoms with Crippen molar-refractivity contribution in [2.24, 2.45) is 0 Å². The van der Waals surface area contributed by atoms with Gasteiger partial charge in [0.15, 0.2) is 16.5 Å². The molecule has 0 aliphatic carbocycles. The number of para-hydroxylation sites is 1. The molecule has 0 heterocycles. The summed E-state index contributed by atoms with van der Waals surface area (Å²) in [6, 6.07) is 39.7. The molecule has 0 saturated heterocycles. The molecule has 240 valence electrons. The summed E-state index contributed by atoms with van der Waals surface area (Å²) >= 11 is 0. The summed E-state index contributed by atoms with van der Waals surface area (Å²) < 4.78 is 99.2. The van der Waals surface area contributed by atoms with E-state index in [0.29, 0.717) is 22.3 Å². The highest BCUT2D eigenvalue weighted by Gasteiger charge is 2.34. The number of fused-ring (bicyclic) bond motifs is 6. The van der Waals surface area contributed by atoms with Gasteiger partial charge in [0.05, 0.1) is 0 Å². The molecular weight excluding hydrogens is 652 g/mol. The summed E-state index contributed by atoms with van der Waals surface area (Å²) in [4.78, 5) is -2.15. The van der Waals surface area contributed by atoms with Gasteiger partial charge in [-0.3, -0.25) is 4.55 Å². The molecule has 0 aliphatic heterocycles. The maximum absolute atomic E-state index is 15.4. The average Bonchev–Trinajstić information content (AvgIpc) is 3.11. The SMILES string of the molecule is O=S(=O)(O)c1c(F)c(F)c(Oc2c(-c3ccc4c(ccc5ccccc54)c3)cccc2-c2ccc3ccc4ccccc4c3c2)c(F)c1F. The van der Waals surface area contributed by atoms with Gasteiger partial charge in [0.1, 0.15) is 5.75 Å². The lowest BCUT2D eigenvalue weighted by Gasteiger charge is -2.19. The Bertz CT molecular complexity index is 2750. The molecule has 8 rings (SSSR count). The lowest BCUT2D eigenvalue weighted by atomic mass is 9.93. The van der Waals surface area contributed by atoms with Gasteiger partial charge in [-0.05, 0) is 66.3 Å². The Kier molecular flexibility index (Phi) is 7.13. The van der Waals surface area contributed by atoms with E-state index in [0.717, 1.165) is 43.1 Å². The maximum atomic E-state index is 15.4. The molecule has 0 unspecified atom stereocenters. The number of halogens is 4. The van der Waals surface area contributed by atoms with Gasteiger partial charge in [0, 0.05) is 11.1 Å². The summed E-state index contributed by atoms with van der Waals surface area (Å²) in [5, 5.41) is 7.66. The van der Waals surface area contributed by atoms with Crippen molar-refractivity contribution in [1.29, 1.82) is 0 Å². The van der Waals surface area contributed by atoms with Crippen molar-refractivity contribution < 1.29 is 35.3 Å². The van der Waals surface area contributed by atoms with E-state index in [4.69, 9.17) is 4.74 Å². The maximum Gasteiger partial charge on any atom is 0.300 e. The second-order valence-electron chi connectivity index (χ2n) is 11.6. The lowest BCUT2D eigenvalue weighted by molar-refractivity contribution is 0.347. The fraction of sp³-hybridized carbons (Fsp3) is 0. The van der Waals surface area contributed by atoms with Crippen LogP contribution in [0.2, 0.25) is 0 Å². The molecule has 0 fully saturated rings. The first kappa shape index (κ1) is 30.6. The van der Waals surface area contributed by atoms with Crippen LogP contribution in [0.4, 0.5) is 17.6 Å². The molecule has 0 radical (unpaired) electrons. The summed E-state index contributed by atoms with van der Waals surface area (Å²) in [6.07, 6.45) is 0. The smallest absolute Gasteiger partial charge is 0.300 e. The Morgan fingerprint density at radius 1 is 0.449 bits per heavy atom. The van der Waals surface area contributed by atoms with E-state index in [2.05, 4.69) is 0 Å². The van der Waals surface area contributed by atoms with Crippen LogP contribution >= 0.6 is 0 Å². The molecular formula is C40H22F4O4S. The predicted octanol–water partition coefficient (Wildman–Crippen LogP) is 11.2. The molecule has 0 saturated carbocycles. The summed E-state index contributed by atoms with van der Waals surface area (Å²) in [5.74, 6) is -10.5. The largest absolute Gasteiger partial charge is 0.450 e. The molecule has 1 N–H and O–H groups in total. The Hall–Kier alpha value is -5.77. The van der Waals surface area contributed by atoms with E-state index in [1.807, 2.05) is 103 Å². The third-order valence-electron chi connectivity index (χ3n) is 8.77. The Labute approximate surface area is 277 Å². The molecule has 0 spiro atoms. The zero-order valence-corrected chi connectivity index (χ0v) is 26.0. The quantitative estimate of drug-likeness (QED) is 0.0854. The van der Waals surface area contributed by atoms with Gasteiger partial charge in [-0.15, -0.1) is 0 Å². The van der Waals surface area contributed by atoms with E-state index in [-0.39, 0.29) is 5.75 Å².